The van der Waals surface area contributed by atoms with Gasteiger partial charge in [0.25, 0.3) is 0 Å². The maximum Gasteiger partial charge on any atom is 0.416 e. The monoisotopic (exact) mass is 539 g/mol. The average molecular weight is 539 g/mol. The second-order valence-electron chi connectivity index (χ2n) is 9.27. The van der Waals surface area contributed by atoms with Gasteiger partial charge in [0.2, 0.25) is 0 Å². The molecule has 38 heavy (non-hydrogen) atoms. The van der Waals surface area contributed by atoms with Crippen LogP contribution in [0.2, 0.25) is 0 Å². The third-order valence-electron chi connectivity index (χ3n) is 6.89. The lowest BCUT2D eigenvalue weighted by molar-refractivity contribution is -0.143. The van der Waals surface area contributed by atoms with Gasteiger partial charge in [-0.1, -0.05) is 30.3 Å². The summed E-state index contributed by atoms with van der Waals surface area (Å²) < 4.78 is 87.1. The molecule has 1 fully saturated rings. The molecule has 7 nitrogen and oxygen atoms in total. The molecule has 2 aromatic carbocycles. The number of rotatable bonds is 6. The highest BCUT2D eigenvalue weighted by molar-refractivity contribution is 5.35. The molecule has 0 unspecified atom stereocenters. The number of alkyl halides is 6. The Balaban J connectivity index is 1.63. The zero-order chi connectivity index (χ0) is 27.8. The zero-order valence-electron chi connectivity index (χ0n) is 20.0. The van der Waals surface area contributed by atoms with Gasteiger partial charge in [-0.3, -0.25) is 4.57 Å². The second-order valence-corrected chi connectivity index (χ2v) is 9.27. The molecular formula is C25H23F6N5O2. The number of nitrogens with zero attached hydrogens (tertiary/aromatic N) is 3. The van der Waals surface area contributed by atoms with Gasteiger partial charge in [-0.25, -0.2) is 9.89 Å². The van der Waals surface area contributed by atoms with Crippen LogP contribution >= 0.6 is 0 Å². The summed E-state index contributed by atoms with van der Waals surface area (Å²) in [4.78, 5) is 12.2. The number of benzene rings is 2. The highest BCUT2D eigenvalue weighted by atomic mass is 19.4. The van der Waals surface area contributed by atoms with Crippen molar-refractivity contribution < 1.29 is 31.1 Å². The minimum atomic E-state index is -4.97. The standard InChI is InChI=1S/C25H23F6N5O2/c1-16(17-9-19(24(26,27)28)11-20(10-17)25(29,30)31)38-14-23(18-5-3-2-4-6-18)8-7-22(12-32,13-33-23)36-15-34-35-21(36)37/h2-6,9-11,15-16,33H,7-8,13-14H2,1H3,(H,35,37)/t16-,22+,23-/m1/s1. The van der Waals surface area contributed by atoms with Crippen LogP contribution in [0.4, 0.5) is 26.3 Å². The molecule has 0 aliphatic carbocycles. The van der Waals surface area contributed by atoms with Crippen molar-refractivity contribution in [1.82, 2.24) is 20.1 Å². The lowest BCUT2D eigenvalue weighted by Gasteiger charge is -2.45. The first kappa shape index (κ1) is 27.4. The van der Waals surface area contributed by atoms with E-state index in [4.69, 9.17) is 4.74 Å². The number of aromatic nitrogens is 3. The van der Waals surface area contributed by atoms with Crippen molar-refractivity contribution in [2.45, 2.75) is 49.3 Å². The Hall–Kier alpha value is -3.63. The summed E-state index contributed by atoms with van der Waals surface area (Å²) in [6.45, 7) is 1.26. The Bertz CT molecular complexity index is 1330. The number of aromatic amines is 1. The van der Waals surface area contributed by atoms with Crippen molar-refractivity contribution >= 4 is 0 Å². The molecule has 2 heterocycles. The van der Waals surface area contributed by atoms with E-state index in [0.717, 1.165) is 5.56 Å². The van der Waals surface area contributed by atoms with Gasteiger partial charge in [0, 0.05) is 6.54 Å². The molecule has 0 amide bonds. The molecule has 0 bridgehead atoms. The van der Waals surface area contributed by atoms with Crippen molar-refractivity contribution in [2.24, 2.45) is 0 Å². The first-order valence-electron chi connectivity index (χ1n) is 11.5. The second kappa shape index (κ2) is 9.92. The van der Waals surface area contributed by atoms with E-state index in [1.807, 2.05) is 0 Å². The molecule has 0 saturated carbocycles. The topological polar surface area (TPSA) is 95.7 Å². The number of ether oxygens (including phenoxy) is 1. The maximum absolute atomic E-state index is 13.3. The average Bonchev–Trinajstić information content (AvgIpc) is 3.33. The van der Waals surface area contributed by atoms with Crippen LogP contribution in [0.25, 0.3) is 0 Å². The summed E-state index contributed by atoms with van der Waals surface area (Å²) >= 11 is 0. The Morgan fingerprint density at radius 1 is 1.08 bits per heavy atom. The quantitative estimate of drug-likeness (QED) is 0.436. The first-order valence-corrected chi connectivity index (χ1v) is 11.5. The molecule has 4 rings (SSSR count). The van der Waals surface area contributed by atoms with Crippen LogP contribution in [0.3, 0.4) is 0 Å². The smallest absolute Gasteiger partial charge is 0.372 e. The molecule has 1 aliphatic heterocycles. The van der Waals surface area contributed by atoms with Crippen molar-refractivity contribution in [3.8, 4) is 6.07 Å². The van der Waals surface area contributed by atoms with Crippen molar-refractivity contribution in [2.75, 3.05) is 13.2 Å². The van der Waals surface area contributed by atoms with Crippen molar-refractivity contribution in [3.63, 3.8) is 0 Å². The molecule has 1 saturated heterocycles. The van der Waals surface area contributed by atoms with E-state index >= 15 is 0 Å². The minimum absolute atomic E-state index is 0.0113. The summed E-state index contributed by atoms with van der Waals surface area (Å²) in [5, 5.41) is 19.1. The van der Waals surface area contributed by atoms with Crippen LogP contribution in [0.1, 0.15) is 48.1 Å². The van der Waals surface area contributed by atoms with E-state index in [2.05, 4.69) is 21.6 Å². The Morgan fingerprint density at radius 3 is 2.18 bits per heavy atom. The van der Waals surface area contributed by atoms with E-state index < -0.39 is 46.4 Å². The predicted molar refractivity (Wildman–Crippen MR) is 123 cm³/mol. The fraction of sp³-hybridized carbons (Fsp3) is 0.400. The van der Waals surface area contributed by atoms with E-state index in [-0.39, 0.29) is 37.6 Å². The molecule has 3 aromatic rings. The van der Waals surface area contributed by atoms with E-state index in [1.165, 1.54) is 17.8 Å². The normalized spacial score (nSPS) is 23.1. The largest absolute Gasteiger partial charge is 0.416 e. The van der Waals surface area contributed by atoms with Gasteiger partial charge < -0.3 is 10.1 Å². The fourth-order valence-electron chi connectivity index (χ4n) is 4.61. The van der Waals surface area contributed by atoms with Crippen LogP contribution < -0.4 is 11.0 Å². The molecule has 3 atom stereocenters. The number of nitriles is 1. The van der Waals surface area contributed by atoms with Gasteiger partial charge in [0.1, 0.15) is 11.9 Å². The summed E-state index contributed by atoms with van der Waals surface area (Å²) in [6, 6.07) is 12.5. The van der Waals surface area contributed by atoms with Gasteiger partial charge in [-0.2, -0.15) is 36.7 Å². The Morgan fingerprint density at radius 2 is 1.71 bits per heavy atom. The molecule has 0 spiro atoms. The first-order chi connectivity index (χ1) is 17.8. The highest BCUT2D eigenvalue weighted by Crippen LogP contribution is 2.40. The SMILES string of the molecule is C[C@@H](OC[C@@]1(c2ccccc2)CC[C@@](C#N)(n2cn[nH]c2=O)CN1)c1cc(C(F)(F)F)cc(C(F)(F)F)c1. The lowest BCUT2D eigenvalue weighted by Crippen LogP contribution is -2.59. The van der Waals surface area contributed by atoms with Gasteiger partial charge in [-0.05, 0) is 49.1 Å². The third kappa shape index (κ3) is 5.32. The molecule has 1 aliphatic rings. The maximum atomic E-state index is 13.3. The predicted octanol–water partition coefficient (Wildman–Crippen LogP) is 4.88. The number of hydrogen-bond acceptors (Lipinski definition) is 5. The Kier molecular flexibility index (Phi) is 7.15. The van der Waals surface area contributed by atoms with Crippen molar-refractivity contribution in [3.05, 3.63) is 87.6 Å². The summed E-state index contributed by atoms with van der Waals surface area (Å²) in [7, 11) is 0. The third-order valence-corrected chi connectivity index (χ3v) is 6.89. The van der Waals surface area contributed by atoms with Gasteiger partial charge in [-0.15, -0.1) is 0 Å². The molecule has 2 N–H and O–H groups in total. The number of piperidine rings is 1. The lowest BCUT2D eigenvalue weighted by atomic mass is 9.76. The molecule has 202 valence electrons. The van der Waals surface area contributed by atoms with Crippen molar-refractivity contribution in [1.29, 1.82) is 5.26 Å². The van der Waals surface area contributed by atoms with Crippen LogP contribution in [0.5, 0.6) is 0 Å². The number of hydrogen-bond donors (Lipinski definition) is 2. The number of halogens is 6. The summed E-state index contributed by atoms with van der Waals surface area (Å²) in [5.41, 5.74) is -5.11. The molecule has 13 heteroatoms. The van der Waals surface area contributed by atoms with E-state index in [1.54, 1.807) is 30.3 Å². The number of H-pyrrole nitrogens is 1. The van der Waals surface area contributed by atoms with Gasteiger partial charge in [0.15, 0.2) is 0 Å². The van der Waals surface area contributed by atoms with Gasteiger partial charge >= 0.3 is 18.0 Å². The van der Waals surface area contributed by atoms with Gasteiger partial charge in [0.05, 0.1) is 35.4 Å². The summed E-state index contributed by atoms with van der Waals surface area (Å²) in [6.07, 6.45) is -9.38. The zero-order valence-corrected chi connectivity index (χ0v) is 20.0. The fourth-order valence-corrected chi connectivity index (χ4v) is 4.61. The number of nitrogens with one attached hydrogen (secondary N) is 2. The minimum Gasteiger partial charge on any atom is -0.372 e. The Labute approximate surface area is 213 Å². The molecule has 0 radical (unpaired) electrons. The van der Waals surface area contributed by atoms with Crippen LogP contribution in [-0.4, -0.2) is 27.9 Å². The van der Waals surface area contributed by atoms with Crippen LogP contribution in [0.15, 0.2) is 59.7 Å². The highest BCUT2D eigenvalue weighted by Gasteiger charge is 2.46. The van der Waals surface area contributed by atoms with E-state index in [9.17, 15) is 36.4 Å². The van der Waals surface area contributed by atoms with Crippen LogP contribution in [-0.2, 0) is 28.2 Å². The molecular weight excluding hydrogens is 516 g/mol. The van der Waals surface area contributed by atoms with E-state index in [0.29, 0.717) is 12.1 Å². The summed E-state index contributed by atoms with van der Waals surface area (Å²) in [5.74, 6) is 0. The molecule has 1 aromatic heterocycles. The van der Waals surface area contributed by atoms with Crippen LogP contribution in [0, 0.1) is 11.3 Å².